The summed E-state index contributed by atoms with van der Waals surface area (Å²) in [5.74, 6) is 0. The Hall–Kier alpha value is -1.84. The Kier molecular flexibility index (Phi) is 9.23. The van der Waals surface area contributed by atoms with Crippen LogP contribution in [0.2, 0.25) is 13.3 Å². The van der Waals surface area contributed by atoms with Crippen molar-refractivity contribution in [3.8, 4) is 0 Å². The van der Waals surface area contributed by atoms with Crippen molar-refractivity contribution >= 4 is 18.4 Å². The molecule has 0 amide bonds. The second-order valence-electron chi connectivity index (χ2n) is 13.6. The van der Waals surface area contributed by atoms with Crippen LogP contribution in [0, 0.1) is 0 Å². The van der Waals surface area contributed by atoms with Crippen molar-refractivity contribution in [1.29, 1.82) is 0 Å². The first kappa shape index (κ1) is 29.7. The molecule has 3 aromatic carbocycles. The average molecular weight is 603 g/mol. The first-order valence-electron chi connectivity index (χ1n) is 13.7. The Morgan fingerprint density at radius 3 is 1.03 bits per heavy atom. The van der Waals surface area contributed by atoms with Gasteiger partial charge in [0.15, 0.2) is 0 Å². The zero-order valence-electron chi connectivity index (χ0n) is 24.4. The fourth-order valence-corrected chi connectivity index (χ4v) is 27.4. The number of rotatable bonds is 11. The van der Waals surface area contributed by atoms with E-state index in [2.05, 4.69) is 143 Å². The molecule has 1 nitrogen and oxygen atoms in total. The second kappa shape index (κ2) is 11.5. The predicted molar refractivity (Wildman–Crippen MR) is 164 cm³/mol. The molecule has 0 fully saturated rings. The van der Waals surface area contributed by atoms with Crippen LogP contribution in [0.25, 0.3) is 0 Å². The van der Waals surface area contributed by atoms with E-state index < -0.39 is 24.0 Å². The van der Waals surface area contributed by atoms with Crippen LogP contribution in [0.15, 0.2) is 101 Å². The molecule has 0 aliphatic heterocycles. The van der Waals surface area contributed by atoms with Gasteiger partial charge >= 0.3 is 232 Å². The van der Waals surface area contributed by atoms with Crippen molar-refractivity contribution in [3.63, 3.8) is 0 Å². The Morgan fingerprint density at radius 1 is 0.514 bits per heavy atom. The van der Waals surface area contributed by atoms with Crippen LogP contribution in [0.1, 0.15) is 72.1 Å². The summed E-state index contributed by atoms with van der Waals surface area (Å²) in [5.41, 5.74) is 3.52. The number of hydrogen-bond donors (Lipinski definition) is 1. The van der Waals surface area contributed by atoms with Gasteiger partial charge in [0.05, 0.1) is 0 Å². The standard InChI is InChI=1S/3C10H13.C5H9O.Sn/c3*1-10(2,3)9-7-5-4-6-8-9;1-4-5(2,3)6;/h3*4-8H,1H2,2-3H3;1,4,6H,2-3H3;. The maximum absolute atomic E-state index is 10.9. The van der Waals surface area contributed by atoms with E-state index in [0.29, 0.717) is 0 Å². The van der Waals surface area contributed by atoms with E-state index in [9.17, 15) is 5.11 Å². The molecule has 0 atom stereocenters. The van der Waals surface area contributed by atoms with E-state index in [1.165, 1.54) is 30.0 Å². The molecule has 0 aliphatic rings. The Labute approximate surface area is 230 Å². The summed E-state index contributed by atoms with van der Waals surface area (Å²) in [5, 5.41) is 10.9. The van der Waals surface area contributed by atoms with Crippen molar-refractivity contribution in [2.24, 2.45) is 0 Å². The first-order valence-corrected chi connectivity index (χ1v) is 21.4. The van der Waals surface area contributed by atoms with Gasteiger partial charge in [-0.1, -0.05) is 0 Å². The molecule has 37 heavy (non-hydrogen) atoms. The third-order valence-electron chi connectivity index (χ3n) is 7.89. The summed E-state index contributed by atoms with van der Waals surface area (Å²) in [6, 6.07) is 33.1. The monoisotopic (exact) mass is 604 g/mol. The molecule has 0 saturated heterocycles. The SMILES string of the molecule is CC(C)(O)/C=[CH]/[Sn]([CH2]C(C)(C)c1ccccc1)([CH2]C(C)(C)c1ccccc1)[CH2]C(C)(C)c1ccccc1. The van der Waals surface area contributed by atoms with Gasteiger partial charge in [0, 0.05) is 0 Å². The van der Waals surface area contributed by atoms with Gasteiger partial charge < -0.3 is 0 Å². The summed E-state index contributed by atoms with van der Waals surface area (Å²) in [6.07, 6.45) is 2.13. The molecule has 0 bridgehead atoms. The molecule has 0 heterocycles. The fourth-order valence-electron chi connectivity index (χ4n) is 6.36. The van der Waals surface area contributed by atoms with Crippen molar-refractivity contribution < 1.29 is 5.11 Å². The molecule has 0 spiro atoms. The summed E-state index contributed by atoms with van der Waals surface area (Å²) < 4.78 is 6.13. The van der Waals surface area contributed by atoms with Crippen molar-refractivity contribution in [3.05, 3.63) is 118 Å². The minimum atomic E-state index is -3.24. The zero-order chi connectivity index (χ0) is 27.4. The molecular formula is C35H48OSn. The molecule has 0 aliphatic carbocycles. The van der Waals surface area contributed by atoms with Gasteiger partial charge in [-0.05, 0) is 0 Å². The van der Waals surface area contributed by atoms with Gasteiger partial charge in [-0.2, -0.15) is 0 Å². The van der Waals surface area contributed by atoms with Crippen molar-refractivity contribution in [2.75, 3.05) is 0 Å². The molecular weight excluding hydrogens is 555 g/mol. The van der Waals surface area contributed by atoms with E-state index in [1.54, 1.807) is 0 Å². The summed E-state index contributed by atoms with van der Waals surface area (Å²) in [6.45, 7) is 18.4. The molecule has 3 aromatic rings. The number of benzene rings is 3. The van der Waals surface area contributed by atoms with E-state index >= 15 is 0 Å². The molecule has 0 radical (unpaired) electrons. The van der Waals surface area contributed by atoms with Crippen LogP contribution in [0.5, 0.6) is 0 Å². The third-order valence-corrected chi connectivity index (χ3v) is 24.0. The van der Waals surface area contributed by atoms with Crippen LogP contribution >= 0.6 is 0 Å². The van der Waals surface area contributed by atoms with Crippen LogP contribution < -0.4 is 0 Å². The molecule has 0 unspecified atom stereocenters. The van der Waals surface area contributed by atoms with Crippen LogP contribution in [0.4, 0.5) is 0 Å². The molecule has 0 aromatic heterocycles. The molecule has 2 heteroatoms. The Balaban J connectivity index is 2.18. The van der Waals surface area contributed by atoms with E-state index in [-0.39, 0.29) is 16.2 Å². The van der Waals surface area contributed by atoms with E-state index in [4.69, 9.17) is 0 Å². The van der Waals surface area contributed by atoms with Crippen LogP contribution in [-0.4, -0.2) is 29.1 Å². The van der Waals surface area contributed by atoms with Crippen molar-refractivity contribution in [2.45, 2.75) is 90.5 Å². The Bertz CT molecular complexity index is 1010. The molecule has 3 rings (SSSR count). The third kappa shape index (κ3) is 8.32. The second-order valence-corrected chi connectivity index (χ2v) is 25.4. The first-order chi connectivity index (χ1) is 17.1. The van der Waals surface area contributed by atoms with Crippen LogP contribution in [0.3, 0.4) is 0 Å². The van der Waals surface area contributed by atoms with E-state index in [0.717, 1.165) is 0 Å². The summed E-state index contributed by atoms with van der Waals surface area (Å²) in [7, 11) is 0. The molecule has 1 N–H and O–H groups in total. The fraction of sp³-hybridized carbons (Fsp3) is 0.429. The quantitative estimate of drug-likeness (QED) is 0.217. The van der Waals surface area contributed by atoms with Gasteiger partial charge in [-0.15, -0.1) is 0 Å². The zero-order valence-corrected chi connectivity index (χ0v) is 27.2. The summed E-state index contributed by atoms with van der Waals surface area (Å²) >= 11 is -3.24. The van der Waals surface area contributed by atoms with Gasteiger partial charge in [0.1, 0.15) is 0 Å². The van der Waals surface area contributed by atoms with Gasteiger partial charge in [-0.25, -0.2) is 0 Å². The number of hydrogen-bond acceptors (Lipinski definition) is 1. The predicted octanol–water partition coefficient (Wildman–Crippen LogP) is 9.23. The van der Waals surface area contributed by atoms with Crippen molar-refractivity contribution in [1.82, 2.24) is 0 Å². The average Bonchev–Trinajstić information content (AvgIpc) is 2.83. The molecule has 198 valence electrons. The van der Waals surface area contributed by atoms with E-state index in [1.807, 2.05) is 13.8 Å². The minimum absolute atomic E-state index is 0.0425. The topological polar surface area (TPSA) is 20.2 Å². The Morgan fingerprint density at radius 2 is 0.784 bits per heavy atom. The van der Waals surface area contributed by atoms with Gasteiger partial charge in [0.2, 0.25) is 0 Å². The normalized spacial score (nSPS) is 13.8. The molecule has 0 saturated carbocycles. The van der Waals surface area contributed by atoms with Crippen LogP contribution in [-0.2, 0) is 16.2 Å². The summed E-state index contributed by atoms with van der Waals surface area (Å²) in [4.78, 5) is 0. The van der Waals surface area contributed by atoms with Gasteiger partial charge in [-0.3, -0.25) is 0 Å². The maximum atomic E-state index is 10.9. The van der Waals surface area contributed by atoms with Gasteiger partial charge in [0.25, 0.3) is 0 Å². The number of aliphatic hydroxyl groups is 1.